The number of aliphatic hydroxyl groups is 4. The van der Waals surface area contributed by atoms with Crippen LogP contribution in [0.4, 0.5) is 0 Å². The molecule has 0 amide bonds. The van der Waals surface area contributed by atoms with Gasteiger partial charge in [-0.25, -0.2) is 0 Å². The maximum Gasteiger partial charge on any atom is 1.00 e. The van der Waals surface area contributed by atoms with Crippen LogP contribution in [0.2, 0.25) is 0 Å². The average molecular weight is 142 g/mol. The fraction of sp³-hybridized carbons (Fsp3) is 1.00. The van der Waals surface area contributed by atoms with E-state index in [0.29, 0.717) is 0 Å². The first-order valence-corrected chi connectivity index (χ1v) is 2.90. The van der Waals surface area contributed by atoms with E-state index in [2.05, 4.69) is 0 Å². The normalized spacial score (nSPS) is 10.8. The molecule has 0 aliphatic rings. The van der Waals surface area contributed by atoms with Crippen LogP contribution < -0.4 is 18.9 Å². The molecule has 0 radical (unpaired) electrons. The third-order valence-electron chi connectivity index (χ3n) is 1.55. The molecule has 0 spiro atoms. The van der Waals surface area contributed by atoms with Crippen molar-refractivity contribution >= 4 is 6.15 Å². The molecule has 0 saturated carbocycles. The molecule has 4 N–H and O–H groups in total. The average Bonchev–Trinajstić information content (AvgIpc) is 1.95. The molecule has 0 atom stereocenters. The topological polar surface area (TPSA) is 80.9 Å². The molecule has 0 fully saturated rings. The molecule has 0 aromatic carbocycles. The fourth-order valence-corrected chi connectivity index (χ4v) is 0.346. The van der Waals surface area contributed by atoms with Crippen LogP contribution in [-0.4, -0.2) is 52.6 Å². The number of hydrogen-bond donors (Lipinski definition) is 4. The van der Waals surface area contributed by atoms with Crippen molar-refractivity contribution in [3.05, 3.63) is 0 Å². The molecule has 0 aromatic rings. The molecule has 0 bridgehead atoms. The first kappa shape index (κ1) is 13.1. The summed E-state index contributed by atoms with van der Waals surface area (Å²) in [4.78, 5) is 0. The van der Waals surface area contributed by atoms with Gasteiger partial charge in [-0.15, -0.1) is 0 Å². The monoisotopic (exact) mass is 142 g/mol. The van der Waals surface area contributed by atoms with Gasteiger partial charge in [-0.05, 0) is 0 Å². The summed E-state index contributed by atoms with van der Waals surface area (Å²) in [6.07, 6.45) is -1.72. The van der Waals surface area contributed by atoms with Crippen molar-refractivity contribution in [3.63, 3.8) is 0 Å². The molecule has 0 heterocycles. The summed E-state index contributed by atoms with van der Waals surface area (Å²) in [5.41, 5.74) is 0. The van der Waals surface area contributed by atoms with E-state index < -0.39 is 6.15 Å². The second-order valence-electron chi connectivity index (χ2n) is 2.46. The molecular weight excluding hydrogens is 130 g/mol. The minimum absolute atomic E-state index is 0. The Kier molecular flexibility index (Phi) is 8.17. The molecule has 0 rings (SSSR count). The van der Waals surface area contributed by atoms with E-state index in [0.717, 1.165) is 0 Å². The zero-order valence-corrected chi connectivity index (χ0v) is 6.19. The minimum Gasteiger partial charge on any atom is -0.434 e. The van der Waals surface area contributed by atoms with Crippen molar-refractivity contribution in [1.29, 1.82) is 0 Å². The standard InChI is InChI=1S/C4H12BO4.Li/c6-1-5(2-7,3-8)4-9;/h6-9H,1-4H2;/q-1;+1. The number of aliphatic hydroxyl groups excluding tert-OH is 4. The predicted molar refractivity (Wildman–Crippen MR) is 34.1 cm³/mol. The van der Waals surface area contributed by atoms with E-state index >= 15 is 0 Å². The van der Waals surface area contributed by atoms with Gasteiger partial charge < -0.3 is 20.4 Å². The van der Waals surface area contributed by atoms with Crippen LogP contribution in [-0.2, 0) is 0 Å². The Morgan fingerprint density at radius 3 is 0.900 bits per heavy atom. The Morgan fingerprint density at radius 1 is 0.700 bits per heavy atom. The van der Waals surface area contributed by atoms with Crippen molar-refractivity contribution in [2.24, 2.45) is 0 Å². The van der Waals surface area contributed by atoms with Gasteiger partial charge in [0.05, 0.1) is 0 Å². The summed E-state index contributed by atoms with van der Waals surface area (Å²) >= 11 is 0. The SMILES string of the molecule is OC[B-](CO)(CO)CO.[Li+]. The van der Waals surface area contributed by atoms with Crippen LogP contribution in [0.1, 0.15) is 0 Å². The molecule has 6 heteroatoms. The van der Waals surface area contributed by atoms with Crippen LogP contribution in [0.5, 0.6) is 0 Å². The largest absolute Gasteiger partial charge is 1.00 e. The molecule has 0 saturated heterocycles. The summed E-state index contributed by atoms with van der Waals surface area (Å²) in [6.45, 7) is -1.38. The van der Waals surface area contributed by atoms with Crippen LogP contribution in [0.15, 0.2) is 0 Å². The van der Waals surface area contributed by atoms with E-state index in [-0.39, 0.29) is 44.9 Å². The van der Waals surface area contributed by atoms with Crippen LogP contribution in [0.25, 0.3) is 0 Å². The zero-order valence-electron chi connectivity index (χ0n) is 6.19. The van der Waals surface area contributed by atoms with Gasteiger partial charge in [0.1, 0.15) is 6.15 Å². The van der Waals surface area contributed by atoms with Crippen molar-refractivity contribution in [2.75, 3.05) is 26.0 Å². The van der Waals surface area contributed by atoms with Gasteiger partial charge in [0.25, 0.3) is 0 Å². The molecule has 4 nitrogen and oxygen atoms in total. The van der Waals surface area contributed by atoms with E-state index in [9.17, 15) is 0 Å². The zero-order chi connectivity index (χ0) is 7.33. The van der Waals surface area contributed by atoms with Crippen molar-refractivity contribution in [3.8, 4) is 0 Å². The van der Waals surface area contributed by atoms with Gasteiger partial charge in [0, 0.05) is 0 Å². The minimum atomic E-state index is -1.72. The Bertz CT molecular complexity index is 60.1. The second kappa shape index (κ2) is 6.23. The summed E-state index contributed by atoms with van der Waals surface area (Å²) in [7, 11) is 0. The Hall–Kier alpha value is 0.502. The smallest absolute Gasteiger partial charge is 0.434 e. The van der Waals surface area contributed by atoms with E-state index in [1.807, 2.05) is 0 Å². The van der Waals surface area contributed by atoms with Crippen LogP contribution >= 0.6 is 0 Å². The van der Waals surface area contributed by atoms with Crippen LogP contribution in [0, 0.1) is 0 Å². The first-order chi connectivity index (χ1) is 4.24. The molecule has 0 aliphatic carbocycles. The maximum atomic E-state index is 8.52. The Labute approximate surface area is 72.0 Å². The Balaban J connectivity index is 0. The second-order valence-corrected chi connectivity index (χ2v) is 2.46. The van der Waals surface area contributed by atoms with Gasteiger partial charge in [0.2, 0.25) is 0 Å². The van der Waals surface area contributed by atoms with Crippen molar-refractivity contribution in [1.82, 2.24) is 0 Å². The summed E-state index contributed by atoms with van der Waals surface area (Å²) < 4.78 is 0. The third kappa shape index (κ3) is 3.06. The quantitative estimate of drug-likeness (QED) is 0.295. The van der Waals surface area contributed by atoms with Crippen molar-refractivity contribution < 1.29 is 39.3 Å². The summed E-state index contributed by atoms with van der Waals surface area (Å²) in [5.74, 6) is 0. The predicted octanol–water partition coefficient (Wildman–Crippen LogP) is -5.43. The van der Waals surface area contributed by atoms with Gasteiger partial charge >= 0.3 is 18.9 Å². The van der Waals surface area contributed by atoms with Crippen LogP contribution in [0.3, 0.4) is 0 Å². The Morgan fingerprint density at radius 2 is 0.900 bits per heavy atom. The van der Waals surface area contributed by atoms with E-state index in [1.165, 1.54) is 0 Å². The van der Waals surface area contributed by atoms with Gasteiger partial charge in [0.15, 0.2) is 0 Å². The van der Waals surface area contributed by atoms with Gasteiger partial charge in [-0.2, -0.15) is 0 Å². The maximum absolute atomic E-state index is 8.52. The molecule has 56 valence electrons. The van der Waals surface area contributed by atoms with E-state index in [4.69, 9.17) is 20.4 Å². The van der Waals surface area contributed by atoms with Gasteiger partial charge in [-0.1, -0.05) is 26.0 Å². The molecule has 10 heavy (non-hydrogen) atoms. The number of hydrogen-bond acceptors (Lipinski definition) is 4. The number of rotatable bonds is 4. The summed E-state index contributed by atoms with van der Waals surface area (Å²) in [6, 6.07) is 0. The molecule has 0 unspecified atom stereocenters. The third-order valence-corrected chi connectivity index (χ3v) is 1.55. The molecule has 0 aliphatic heterocycles. The van der Waals surface area contributed by atoms with Gasteiger partial charge in [-0.3, -0.25) is 0 Å². The molecule has 0 aromatic heterocycles. The fourth-order valence-electron chi connectivity index (χ4n) is 0.346. The van der Waals surface area contributed by atoms with Crippen molar-refractivity contribution in [2.45, 2.75) is 0 Å². The first-order valence-electron chi connectivity index (χ1n) is 2.90. The summed E-state index contributed by atoms with van der Waals surface area (Å²) in [5, 5.41) is 34.1. The molecular formula is C4H12BLiO4. The van der Waals surface area contributed by atoms with E-state index in [1.54, 1.807) is 0 Å².